The number of guanidine groups is 1. The summed E-state index contributed by atoms with van der Waals surface area (Å²) < 4.78 is 1.99. The predicted molar refractivity (Wildman–Crippen MR) is 100 cm³/mol. The molecule has 6 nitrogen and oxygen atoms in total. The molecule has 1 aliphatic carbocycles. The van der Waals surface area contributed by atoms with Crippen LogP contribution in [0.15, 0.2) is 35.3 Å². The number of aryl methyl sites for hydroxylation is 1. The molecular weight excluding hydrogens is 312 g/mol. The van der Waals surface area contributed by atoms with Crippen molar-refractivity contribution in [2.45, 2.75) is 51.6 Å². The molecule has 0 atom stereocenters. The zero-order valence-corrected chi connectivity index (χ0v) is 15.2. The Labute approximate surface area is 149 Å². The number of aliphatic imine (C=N–C) groups is 1. The molecular formula is C19H28N6. The average Bonchev–Trinajstić information content (AvgIpc) is 3.25. The molecule has 0 spiro atoms. The highest BCUT2D eigenvalue weighted by Crippen LogP contribution is 2.17. The molecule has 0 amide bonds. The van der Waals surface area contributed by atoms with Gasteiger partial charge in [-0.3, -0.25) is 0 Å². The van der Waals surface area contributed by atoms with E-state index in [-0.39, 0.29) is 0 Å². The average molecular weight is 340 g/mol. The normalized spacial score (nSPS) is 15.5. The summed E-state index contributed by atoms with van der Waals surface area (Å²) in [4.78, 5) is 4.73. The highest BCUT2D eigenvalue weighted by atomic mass is 15.3. The Morgan fingerprint density at radius 3 is 2.64 bits per heavy atom. The molecule has 134 valence electrons. The number of nitrogens with one attached hydrogen (secondary N) is 2. The topological polar surface area (TPSA) is 67.1 Å². The van der Waals surface area contributed by atoms with E-state index < -0.39 is 0 Å². The van der Waals surface area contributed by atoms with Crippen LogP contribution in [0.1, 0.15) is 42.9 Å². The van der Waals surface area contributed by atoms with E-state index in [2.05, 4.69) is 45.1 Å². The first-order valence-corrected chi connectivity index (χ1v) is 9.16. The molecule has 25 heavy (non-hydrogen) atoms. The number of benzene rings is 1. The summed E-state index contributed by atoms with van der Waals surface area (Å²) in [6.45, 7) is 3.35. The van der Waals surface area contributed by atoms with Crippen LogP contribution in [0.5, 0.6) is 0 Å². The van der Waals surface area contributed by atoms with E-state index in [0.29, 0.717) is 12.6 Å². The van der Waals surface area contributed by atoms with Crippen molar-refractivity contribution >= 4 is 5.96 Å². The molecule has 1 aromatic carbocycles. The molecule has 0 aliphatic heterocycles. The van der Waals surface area contributed by atoms with Crippen molar-refractivity contribution in [1.29, 1.82) is 0 Å². The molecule has 6 heteroatoms. The summed E-state index contributed by atoms with van der Waals surface area (Å²) in [5, 5.41) is 15.4. The lowest BCUT2D eigenvalue weighted by Crippen LogP contribution is -2.43. The number of hydrogen-bond acceptors (Lipinski definition) is 3. The van der Waals surface area contributed by atoms with Crippen LogP contribution >= 0.6 is 0 Å². The third kappa shape index (κ3) is 5.05. The van der Waals surface area contributed by atoms with Crippen LogP contribution in [0, 0.1) is 6.92 Å². The molecule has 2 N–H and O–H groups in total. The quantitative estimate of drug-likeness (QED) is 0.626. The number of rotatable bonds is 6. The minimum Gasteiger partial charge on any atom is -0.356 e. The monoisotopic (exact) mass is 340 g/mol. The third-order valence-electron chi connectivity index (χ3n) is 4.81. The van der Waals surface area contributed by atoms with Crippen molar-refractivity contribution in [3.05, 3.63) is 47.5 Å². The van der Waals surface area contributed by atoms with Crippen molar-refractivity contribution < 1.29 is 0 Å². The lowest BCUT2D eigenvalue weighted by Gasteiger charge is -2.17. The standard InChI is InChI=1S/C19H28N6/c1-15-23-24-18(25(15)2)14-21-19(22-17-10-6-7-11-17)20-13-12-16-8-4-3-5-9-16/h3-5,8-9,17H,6-7,10-14H2,1-2H3,(H2,20,21,22). The lowest BCUT2D eigenvalue weighted by molar-refractivity contribution is 0.610. The van der Waals surface area contributed by atoms with E-state index >= 15 is 0 Å². The zero-order chi connectivity index (χ0) is 17.5. The molecule has 2 aromatic rings. The molecule has 1 saturated carbocycles. The van der Waals surface area contributed by atoms with E-state index in [0.717, 1.165) is 30.6 Å². The zero-order valence-electron chi connectivity index (χ0n) is 15.2. The highest BCUT2D eigenvalue weighted by molar-refractivity contribution is 5.80. The Morgan fingerprint density at radius 1 is 1.20 bits per heavy atom. The molecule has 0 bridgehead atoms. The second kappa shape index (κ2) is 8.65. The molecule has 1 aliphatic rings. The van der Waals surface area contributed by atoms with Crippen molar-refractivity contribution in [2.24, 2.45) is 12.0 Å². The molecule has 1 fully saturated rings. The largest absolute Gasteiger partial charge is 0.356 e. The number of hydrogen-bond donors (Lipinski definition) is 2. The van der Waals surface area contributed by atoms with Crippen molar-refractivity contribution in [3.63, 3.8) is 0 Å². The molecule has 3 rings (SSSR count). The molecule has 0 saturated heterocycles. The Kier molecular flexibility index (Phi) is 6.04. The van der Waals surface area contributed by atoms with Gasteiger partial charge >= 0.3 is 0 Å². The SMILES string of the molecule is Cc1nnc(CN=C(NCCc2ccccc2)NC2CCCC2)n1C. The van der Waals surface area contributed by atoms with Gasteiger partial charge < -0.3 is 15.2 Å². The van der Waals surface area contributed by atoms with Crippen molar-refractivity contribution in [1.82, 2.24) is 25.4 Å². The fraction of sp³-hybridized carbons (Fsp3) is 0.526. The number of aromatic nitrogens is 3. The van der Waals surface area contributed by atoms with Crippen LogP contribution in [-0.4, -0.2) is 33.3 Å². The summed E-state index contributed by atoms with van der Waals surface area (Å²) in [7, 11) is 1.98. The maximum atomic E-state index is 4.73. The fourth-order valence-electron chi connectivity index (χ4n) is 3.12. The number of nitrogens with zero attached hydrogens (tertiary/aromatic N) is 4. The third-order valence-corrected chi connectivity index (χ3v) is 4.81. The first-order chi connectivity index (χ1) is 12.2. The Balaban J connectivity index is 1.59. The lowest BCUT2D eigenvalue weighted by atomic mass is 10.1. The summed E-state index contributed by atoms with van der Waals surface area (Å²) >= 11 is 0. The van der Waals surface area contributed by atoms with Crippen LogP contribution in [-0.2, 0) is 20.0 Å². The van der Waals surface area contributed by atoms with E-state index in [4.69, 9.17) is 4.99 Å². The van der Waals surface area contributed by atoms with Crippen LogP contribution in [0.2, 0.25) is 0 Å². The molecule has 0 radical (unpaired) electrons. The van der Waals surface area contributed by atoms with Gasteiger partial charge in [-0.05, 0) is 31.7 Å². The van der Waals surface area contributed by atoms with Gasteiger partial charge in [-0.25, -0.2) is 4.99 Å². The van der Waals surface area contributed by atoms with Gasteiger partial charge in [0.1, 0.15) is 12.4 Å². The van der Waals surface area contributed by atoms with Gasteiger partial charge in [-0.15, -0.1) is 10.2 Å². The second-order valence-electron chi connectivity index (χ2n) is 6.68. The Hall–Kier alpha value is -2.37. The Morgan fingerprint density at radius 2 is 1.96 bits per heavy atom. The van der Waals surface area contributed by atoms with Gasteiger partial charge in [0, 0.05) is 19.6 Å². The van der Waals surface area contributed by atoms with Crippen molar-refractivity contribution in [3.8, 4) is 0 Å². The van der Waals surface area contributed by atoms with Gasteiger partial charge in [0.05, 0.1) is 0 Å². The fourth-order valence-corrected chi connectivity index (χ4v) is 3.12. The van der Waals surface area contributed by atoms with E-state index in [1.165, 1.54) is 31.2 Å². The van der Waals surface area contributed by atoms with Gasteiger partial charge in [-0.1, -0.05) is 43.2 Å². The first-order valence-electron chi connectivity index (χ1n) is 9.16. The van der Waals surface area contributed by atoms with Gasteiger partial charge in [-0.2, -0.15) is 0 Å². The van der Waals surface area contributed by atoms with Gasteiger partial charge in [0.25, 0.3) is 0 Å². The predicted octanol–water partition coefficient (Wildman–Crippen LogP) is 2.34. The molecule has 0 unspecified atom stereocenters. The smallest absolute Gasteiger partial charge is 0.191 e. The second-order valence-corrected chi connectivity index (χ2v) is 6.68. The van der Waals surface area contributed by atoms with Crippen molar-refractivity contribution in [2.75, 3.05) is 6.54 Å². The maximum Gasteiger partial charge on any atom is 0.191 e. The van der Waals surface area contributed by atoms with Gasteiger partial charge in [0.2, 0.25) is 0 Å². The summed E-state index contributed by atoms with van der Waals surface area (Å²) in [6.07, 6.45) is 6.04. The van der Waals surface area contributed by atoms with Crippen LogP contribution in [0.4, 0.5) is 0 Å². The van der Waals surface area contributed by atoms with Gasteiger partial charge in [0.15, 0.2) is 11.8 Å². The first kappa shape index (κ1) is 17.5. The Bertz CT molecular complexity index is 685. The van der Waals surface area contributed by atoms with E-state index in [1.54, 1.807) is 0 Å². The van der Waals surface area contributed by atoms with Crippen LogP contribution < -0.4 is 10.6 Å². The van der Waals surface area contributed by atoms with E-state index in [1.807, 2.05) is 24.6 Å². The highest BCUT2D eigenvalue weighted by Gasteiger charge is 2.16. The van der Waals surface area contributed by atoms with Crippen LogP contribution in [0.25, 0.3) is 0 Å². The minimum absolute atomic E-state index is 0.532. The van der Waals surface area contributed by atoms with Crippen LogP contribution in [0.3, 0.4) is 0 Å². The maximum absolute atomic E-state index is 4.73. The minimum atomic E-state index is 0.532. The van der Waals surface area contributed by atoms with E-state index in [9.17, 15) is 0 Å². The molecule has 1 aromatic heterocycles. The summed E-state index contributed by atoms with van der Waals surface area (Å²) in [6, 6.07) is 11.1. The molecule has 1 heterocycles. The summed E-state index contributed by atoms with van der Waals surface area (Å²) in [5.41, 5.74) is 1.33. The summed E-state index contributed by atoms with van der Waals surface area (Å²) in [5.74, 6) is 2.67.